The van der Waals surface area contributed by atoms with E-state index in [4.69, 9.17) is 13.7 Å². The van der Waals surface area contributed by atoms with Crippen molar-refractivity contribution in [1.29, 1.82) is 0 Å². The van der Waals surface area contributed by atoms with Crippen molar-refractivity contribution in [3.05, 3.63) is 12.7 Å². The fourth-order valence-corrected chi connectivity index (χ4v) is 4.84. The Morgan fingerprint density at radius 1 is 1.60 bits per heavy atom. The van der Waals surface area contributed by atoms with Gasteiger partial charge in [0.05, 0.1) is 12.7 Å². The molecule has 1 N–H and O–H groups in total. The van der Waals surface area contributed by atoms with Gasteiger partial charge in [-0.1, -0.05) is 6.58 Å². The topological polar surface area (TPSA) is 90.9 Å². The van der Waals surface area contributed by atoms with E-state index in [1.165, 1.54) is 6.08 Å². The molecule has 0 aromatic carbocycles. The molecule has 112 valence electrons. The second kappa shape index (κ2) is 4.52. The van der Waals surface area contributed by atoms with E-state index in [1.807, 2.05) is 0 Å². The van der Waals surface area contributed by atoms with Gasteiger partial charge in [-0.3, -0.25) is 8.98 Å². The first-order valence-electron chi connectivity index (χ1n) is 6.50. The first-order chi connectivity index (χ1) is 9.38. The van der Waals surface area contributed by atoms with Crippen molar-refractivity contribution in [3.63, 3.8) is 0 Å². The Labute approximate surface area is 117 Å². The molecule has 5 atom stereocenters. The highest BCUT2D eigenvalue weighted by Crippen LogP contribution is 2.53. The fraction of sp³-hybridized carbons (Fsp3) is 0.750. The molecule has 8 heteroatoms. The summed E-state index contributed by atoms with van der Waals surface area (Å²) in [7, 11) is -3.54. The number of rotatable bonds is 5. The molecule has 0 aromatic heterocycles. The van der Waals surface area contributed by atoms with Gasteiger partial charge in [-0.05, 0) is 19.4 Å². The van der Waals surface area contributed by atoms with Gasteiger partial charge in [-0.2, -0.15) is 8.42 Å². The summed E-state index contributed by atoms with van der Waals surface area (Å²) in [5, 5.41) is 2.03. The summed E-state index contributed by atoms with van der Waals surface area (Å²) < 4.78 is 40.2. The van der Waals surface area contributed by atoms with Crippen LogP contribution in [0.3, 0.4) is 0 Å². The molecule has 3 aliphatic heterocycles. The van der Waals surface area contributed by atoms with E-state index in [1.54, 1.807) is 6.92 Å². The number of hydrogen-bond acceptors (Lipinski definition) is 6. The summed E-state index contributed by atoms with van der Waals surface area (Å²) in [6.07, 6.45) is 0.275. The van der Waals surface area contributed by atoms with Gasteiger partial charge in [0.1, 0.15) is 23.1 Å². The molecule has 20 heavy (non-hydrogen) atoms. The summed E-state index contributed by atoms with van der Waals surface area (Å²) in [4.78, 5) is 11.0. The summed E-state index contributed by atoms with van der Waals surface area (Å²) in [6, 6.07) is 0. The number of carbonyl (C=O) groups excluding carboxylic acids is 1. The van der Waals surface area contributed by atoms with Gasteiger partial charge in [0.2, 0.25) is 5.91 Å². The number of fused-ring (bicyclic) bond motifs is 1. The van der Waals surface area contributed by atoms with Gasteiger partial charge in [0.15, 0.2) is 0 Å². The molecule has 5 unspecified atom stereocenters. The maximum Gasteiger partial charge on any atom is 0.273 e. The molecule has 0 aliphatic carbocycles. The van der Waals surface area contributed by atoms with E-state index in [2.05, 4.69) is 11.9 Å². The Hall–Kier alpha value is -0.960. The third kappa shape index (κ3) is 1.90. The van der Waals surface area contributed by atoms with Crippen LogP contribution in [0.25, 0.3) is 0 Å². The van der Waals surface area contributed by atoms with Gasteiger partial charge in [0.25, 0.3) is 10.1 Å². The normalized spacial score (nSPS) is 43.6. The lowest BCUT2D eigenvalue weighted by Crippen LogP contribution is -2.51. The highest BCUT2D eigenvalue weighted by molar-refractivity contribution is 7.87. The zero-order chi connectivity index (χ0) is 14.5. The summed E-state index contributed by atoms with van der Waals surface area (Å²) in [5.41, 5.74) is -0.788. The molecule has 3 fully saturated rings. The predicted octanol–water partition coefficient (Wildman–Crippen LogP) is -0.668. The summed E-state index contributed by atoms with van der Waals surface area (Å²) >= 11 is 0. The third-order valence-electron chi connectivity index (χ3n) is 4.25. The Bertz CT molecular complexity index is 546. The molecule has 3 aliphatic rings. The van der Waals surface area contributed by atoms with E-state index in [9.17, 15) is 13.2 Å². The standard InChI is InChI=1S/C12H17NO6S/c1-3-9(14)13-4-5-17-12(2)8-6-7-10(18-8)11(12)19-20(7,15)16/h3,7-8,10-11H,1,4-6H2,2H3,(H,13,14). The SMILES string of the molecule is C=CC(=O)NCCOC1(C)C2CC3C(O2)C1OS3(=O)=O. The number of amides is 1. The van der Waals surface area contributed by atoms with Crippen LogP contribution in [0, 0.1) is 0 Å². The average Bonchev–Trinajstić information content (AvgIpc) is 2.99. The highest BCUT2D eigenvalue weighted by Gasteiger charge is 2.71. The van der Waals surface area contributed by atoms with Crippen LogP contribution in [0.4, 0.5) is 0 Å². The van der Waals surface area contributed by atoms with E-state index < -0.39 is 33.2 Å². The van der Waals surface area contributed by atoms with Crippen LogP contribution in [0.1, 0.15) is 13.3 Å². The lowest BCUT2D eigenvalue weighted by molar-refractivity contribution is -0.119. The molecule has 0 aromatic rings. The monoisotopic (exact) mass is 303 g/mol. The lowest BCUT2D eigenvalue weighted by atomic mass is 9.83. The summed E-state index contributed by atoms with van der Waals surface area (Å²) in [5.74, 6) is -0.275. The highest BCUT2D eigenvalue weighted by atomic mass is 32.2. The van der Waals surface area contributed by atoms with Gasteiger partial charge in [-0.25, -0.2) is 0 Å². The van der Waals surface area contributed by atoms with Crippen LogP contribution < -0.4 is 5.32 Å². The van der Waals surface area contributed by atoms with Gasteiger partial charge >= 0.3 is 0 Å². The van der Waals surface area contributed by atoms with Crippen molar-refractivity contribution in [2.45, 2.75) is 42.5 Å². The number of ether oxygens (including phenoxy) is 2. The van der Waals surface area contributed by atoms with Crippen LogP contribution in [-0.2, 0) is 28.6 Å². The van der Waals surface area contributed by atoms with Crippen LogP contribution in [-0.4, -0.2) is 56.6 Å². The molecule has 2 bridgehead atoms. The Kier molecular flexibility index (Phi) is 3.16. The Morgan fingerprint density at radius 2 is 2.35 bits per heavy atom. The predicted molar refractivity (Wildman–Crippen MR) is 68.4 cm³/mol. The second-order valence-electron chi connectivity index (χ2n) is 5.40. The molecule has 3 rings (SSSR count). The molecule has 1 amide bonds. The van der Waals surface area contributed by atoms with Crippen LogP contribution in [0.15, 0.2) is 12.7 Å². The first kappa shape index (κ1) is 14.0. The quantitative estimate of drug-likeness (QED) is 0.411. The second-order valence-corrected chi connectivity index (χ2v) is 7.18. The average molecular weight is 303 g/mol. The molecular formula is C12H17NO6S. The van der Waals surface area contributed by atoms with Crippen molar-refractivity contribution in [2.24, 2.45) is 0 Å². The number of hydrogen-bond donors (Lipinski definition) is 1. The lowest BCUT2D eigenvalue weighted by Gasteiger charge is -2.33. The molecule has 7 nitrogen and oxygen atoms in total. The minimum atomic E-state index is -3.54. The molecule has 3 heterocycles. The van der Waals surface area contributed by atoms with Crippen LogP contribution in [0.5, 0.6) is 0 Å². The molecule has 0 saturated carbocycles. The summed E-state index contributed by atoms with van der Waals surface area (Å²) in [6.45, 7) is 5.73. The van der Waals surface area contributed by atoms with Gasteiger partial charge < -0.3 is 14.8 Å². The first-order valence-corrected chi connectivity index (χ1v) is 7.97. The number of nitrogens with one attached hydrogen (secondary N) is 1. The van der Waals surface area contributed by atoms with Gasteiger partial charge in [0, 0.05) is 6.54 Å². The fourth-order valence-electron chi connectivity index (χ4n) is 3.16. The zero-order valence-electron chi connectivity index (χ0n) is 11.1. The van der Waals surface area contributed by atoms with Gasteiger partial charge in [-0.15, -0.1) is 0 Å². The van der Waals surface area contributed by atoms with E-state index in [0.29, 0.717) is 13.0 Å². The van der Waals surface area contributed by atoms with Crippen molar-refractivity contribution >= 4 is 16.0 Å². The van der Waals surface area contributed by atoms with E-state index in [0.717, 1.165) is 0 Å². The van der Waals surface area contributed by atoms with Crippen molar-refractivity contribution in [3.8, 4) is 0 Å². The molecule has 0 radical (unpaired) electrons. The zero-order valence-corrected chi connectivity index (χ0v) is 11.9. The van der Waals surface area contributed by atoms with Crippen molar-refractivity contribution in [1.82, 2.24) is 5.32 Å². The van der Waals surface area contributed by atoms with E-state index >= 15 is 0 Å². The van der Waals surface area contributed by atoms with E-state index in [-0.39, 0.29) is 18.6 Å². The maximum absolute atomic E-state index is 11.8. The smallest absolute Gasteiger partial charge is 0.273 e. The van der Waals surface area contributed by atoms with Crippen molar-refractivity contribution < 1.29 is 26.9 Å². The Balaban J connectivity index is 1.63. The third-order valence-corrected chi connectivity index (χ3v) is 5.92. The van der Waals surface area contributed by atoms with Crippen LogP contribution in [0.2, 0.25) is 0 Å². The molecule has 3 saturated heterocycles. The van der Waals surface area contributed by atoms with Crippen LogP contribution >= 0.6 is 0 Å². The molecular weight excluding hydrogens is 286 g/mol. The Morgan fingerprint density at radius 3 is 3.05 bits per heavy atom. The molecule has 0 spiro atoms. The maximum atomic E-state index is 11.8. The minimum absolute atomic E-state index is 0.257. The van der Waals surface area contributed by atoms with Crippen molar-refractivity contribution in [2.75, 3.05) is 13.2 Å². The minimum Gasteiger partial charge on any atom is -0.368 e. The number of carbonyl (C=O) groups is 1. The largest absolute Gasteiger partial charge is 0.368 e.